The van der Waals surface area contributed by atoms with Crippen LogP contribution >= 0.6 is 0 Å². The second kappa shape index (κ2) is 26.9. The highest BCUT2D eigenvalue weighted by Gasteiger charge is 2.74. The molecule has 40 atom stereocenters. The van der Waals surface area contributed by atoms with E-state index in [1.165, 1.54) is 20.8 Å². The lowest BCUT2D eigenvalue weighted by Crippen LogP contribution is -2.67. The van der Waals surface area contributed by atoms with Crippen molar-refractivity contribution in [3.05, 3.63) is 23.8 Å². The number of hydrogen-bond acceptors (Lipinski definition) is 32. The van der Waals surface area contributed by atoms with Gasteiger partial charge in [0.15, 0.2) is 37.7 Å². The molecule has 18 N–H and O–H groups in total. The number of aliphatic hydroxyl groups is 18. The van der Waals surface area contributed by atoms with Gasteiger partial charge in [-0.15, -0.1) is 0 Å². The maximum absolute atomic E-state index is 12.8. The summed E-state index contributed by atoms with van der Waals surface area (Å²) >= 11 is 0. The standard InChI is InChI=1S/C61H96O32/c1-20-15-83-61(50(77)46(20)89-54-44(75)40(71)35(66)21(2)84-54)29(16-80-52-43(74)41(72)39(70)32(14-62)87-52)34-31(93-61)13-28-26-8-7-24-11-25(64)12-33(59(24,6)27(26)9-10-58(28,34)5)88-56-49(48(37(68)23(4)86-56)91-53-42(73)38(69)30(65)17-81-53)92-55-45(76)47(36(67)22(3)85-55)90-57-51(78)60(79,18-63)19-82-57/h7,21-23,25-57,62-79H,1,8-19H2,2-6H3/t21-,22+,23-,25-,26-,27?,28?,29+,30-,31+,32-,33-,34+,35+,36+,37-,38+,39+,40+,41+,42-,43-,44-,45-,46+,47-,48+,49-,50+,51+,52-,53+,54+,55+,56+,57+,58+,59+,60-,61+/m1/s1. The Morgan fingerprint density at radius 1 is 0.602 bits per heavy atom. The van der Waals surface area contributed by atoms with E-state index < -0.39 is 251 Å². The monoisotopic (exact) mass is 1340 g/mol. The Balaban J connectivity index is 0.843. The van der Waals surface area contributed by atoms with Gasteiger partial charge in [-0.3, -0.25) is 0 Å². The van der Waals surface area contributed by atoms with Crippen LogP contribution in [0.15, 0.2) is 23.8 Å². The van der Waals surface area contributed by atoms with Crippen LogP contribution in [0.3, 0.4) is 0 Å². The van der Waals surface area contributed by atoms with Crippen molar-refractivity contribution in [2.24, 2.45) is 40.4 Å². The highest BCUT2D eigenvalue weighted by Crippen LogP contribution is 2.71. The number of ether oxygens (including phenoxy) is 14. The quantitative estimate of drug-likeness (QED) is 0.0678. The van der Waals surface area contributed by atoms with Crippen LogP contribution in [0.1, 0.15) is 73.1 Å². The van der Waals surface area contributed by atoms with E-state index in [1.54, 1.807) is 0 Å². The normalized spacial score (nSPS) is 57.3. The molecule has 0 bridgehead atoms. The summed E-state index contributed by atoms with van der Waals surface area (Å²) in [7, 11) is 0. The van der Waals surface area contributed by atoms with Gasteiger partial charge in [0, 0.05) is 23.7 Å². The van der Waals surface area contributed by atoms with Crippen molar-refractivity contribution in [2.75, 3.05) is 39.6 Å². The summed E-state index contributed by atoms with van der Waals surface area (Å²) in [4.78, 5) is 0. The van der Waals surface area contributed by atoms with Gasteiger partial charge < -0.3 is 158 Å². The molecule has 1 spiro atoms. The van der Waals surface area contributed by atoms with Gasteiger partial charge in [-0.2, -0.15) is 0 Å². The Labute approximate surface area is 535 Å². The Kier molecular flexibility index (Phi) is 20.6. The summed E-state index contributed by atoms with van der Waals surface area (Å²) in [6, 6.07) is 0. The third kappa shape index (κ3) is 12.1. The predicted molar refractivity (Wildman–Crippen MR) is 303 cm³/mol. The summed E-state index contributed by atoms with van der Waals surface area (Å²) in [5.41, 5.74) is -2.60. The molecule has 0 aromatic heterocycles. The molecule has 93 heavy (non-hydrogen) atoms. The van der Waals surface area contributed by atoms with E-state index in [2.05, 4.69) is 26.5 Å². The highest BCUT2D eigenvalue weighted by atomic mass is 16.8. The largest absolute Gasteiger partial charge is 0.394 e. The fraction of sp³-hybridized carbons (Fsp3) is 0.934. The van der Waals surface area contributed by atoms with Gasteiger partial charge in [-0.05, 0) is 81.6 Å². The molecule has 0 aromatic carbocycles. The maximum Gasteiger partial charge on any atom is 0.203 e. The van der Waals surface area contributed by atoms with E-state index >= 15 is 0 Å². The topological polar surface area (TPSA) is 493 Å². The average Bonchev–Trinajstić information content (AvgIpc) is 1.56. The second-order valence-corrected chi connectivity index (χ2v) is 28.6. The molecule has 8 aliphatic heterocycles. The van der Waals surface area contributed by atoms with Crippen molar-refractivity contribution >= 4 is 0 Å². The first kappa shape index (κ1) is 71.0. The van der Waals surface area contributed by atoms with E-state index in [1.807, 2.05) is 0 Å². The zero-order valence-electron chi connectivity index (χ0n) is 52.3. The number of allylic oxidation sites excluding steroid dienone is 1. The van der Waals surface area contributed by atoms with Crippen LogP contribution in [0.2, 0.25) is 0 Å². The molecule has 32 heteroatoms. The first-order valence-corrected chi connectivity index (χ1v) is 32.5. The van der Waals surface area contributed by atoms with Crippen LogP contribution in [0.5, 0.6) is 0 Å². The van der Waals surface area contributed by atoms with Crippen LogP contribution in [-0.2, 0) is 66.3 Å². The number of aliphatic hydroxyl groups excluding tert-OH is 17. The van der Waals surface area contributed by atoms with E-state index in [-0.39, 0.29) is 49.4 Å². The van der Waals surface area contributed by atoms with Crippen molar-refractivity contribution in [3.8, 4) is 0 Å². The minimum Gasteiger partial charge on any atom is -0.394 e. The molecule has 12 aliphatic rings. The summed E-state index contributed by atoms with van der Waals surface area (Å²) in [6.07, 6.45) is -43.2. The van der Waals surface area contributed by atoms with Crippen molar-refractivity contribution in [2.45, 2.75) is 275 Å². The Morgan fingerprint density at radius 3 is 1.91 bits per heavy atom. The summed E-state index contributed by atoms with van der Waals surface area (Å²) in [6.45, 7) is 9.39. The van der Waals surface area contributed by atoms with Crippen LogP contribution in [-0.4, -0.2) is 333 Å². The molecule has 532 valence electrons. The van der Waals surface area contributed by atoms with Crippen LogP contribution in [0.4, 0.5) is 0 Å². The third-order valence-electron chi connectivity index (χ3n) is 23.2. The van der Waals surface area contributed by atoms with Gasteiger partial charge >= 0.3 is 0 Å². The van der Waals surface area contributed by atoms with Crippen LogP contribution in [0, 0.1) is 40.4 Å². The lowest BCUT2D eigenvalue weighted by molar-refractivity contribution is -0.395. The maximum atomic E-state index is 12.8. The molecule has 0 amide bonds. The molecule has 11 fully saturated rings. The molecule has 3 saturated carbocycles. The van der Waals surface area contributed by atoms with Gasteiger partial charge in [-0.1, -0.05) is 32.1 Å². The van der Waals surface area contributed by atoms with E-state index in [9.17, 15) is 91.9 Å². The molecule has 12 rings (SSSR count). The fourth-order valence-corrected chi connectivity index (χ4v) is 17.7. The SMILES string of the molecule is C=C1CO[C@@]2(O[C@H]3CC4[C@@H]5CC=C6C[C@@H](O)C[C@@H](O[C@@H]7O[C@H](C)[C@@H](O)[C@H](O[C@@H]8OC[C@@H](O)[C@H](O)[C@H]8O)[C@H]7O[C@@H]7O[C@@H](C)[C@H](O)[C@@H](O[C@@H]8OC[C@](O)(CO)[C@H]8O)[C@H]7O)[C@]6(C)C5CC[C@]4(C)[C@H]3[C@@H]2CO[C@@H]2O[C@H](CO)[C@H](O)[C@H](O)[C@H]2O)[C@@H](O)[C@H]1O[C@@H]1O[C@H](C)[C@H](O)[C@H](O)[C@H]1O. The van der Waals surface area contributed by atoms with Gasteiger partial charge in [-0.25, -0.2) is 0 Å². The zero-order valence-corrected chi connectivity index (χ0v) is 52.3. The number of rotatable bonds is 15. The summed E-state index contributed by atoms with van der Waals surface area (Å²) < 4.78 is 87.7. The second-order valence-electron chi connectivity index (χ2n) is 28.6. The lowest BCUT2D eigenvalue weighted by Gasteiger charge is -2.61. The molecule has 8 heterocycles. The molecule has 4 aliphatic carbocycles. The summed E-state index contributed by atoms with van der Waals surface area (Å²) in [5, 5.41) is 199. The fourth-order valence-electron chi connectivity index (χ4n) is 17.7. The Morgan fingerprint density at radius 2 is 1.23 bits per heavy atom. The molecular formula is C61H96O32. The molecule has 32 nitrogen and oxygen atoms in total. The van der Waals surface area contributed by atoms with E-state index in [0.29, 0.717) is 25.7 Å². The van der Waals surface area contributed by atoms with Crippen molar-refractivity contribution in [1.29, 1.82) is 0 Å². The molecule has 0 radical (unpaired) electrons. The van der Waals surface area contributed by atoms with Crippen LogP contribution < -0.4 is 0 Å². The van der Waals surface area contributed by atoms with Gasteiger partial charge in [0.2, 0.25) is 5.79 Å². The van der Waals surface area contributed by atoms with Gasteiger partial charge in [0.25, 0.3) is 0 Å². The van der Waals surface area contributed by atoms with E-state index in [0.717, 1.165) is 5.57 Å². The van der Waals surface area contributed by atoms with E-state index in [4.69, 9.17) is 66.3 Å². The minimum absolute atomic E-state index is 0.0353. The first-order chi connectivity index (χ1) is 43.9. The number of fused-ring (bicyclic) bond motifs is 7. The minimum atomic E-state index is -2.14. The summed E-state index contributed by atoms with van der Waals surface area (Å²) in [5.74, 6) is -3.91. The van der Waals surface area contributed by atoms with Crippen molar-refractivity contribution in [1.82, 2.24) is 0 Å². The Bertz CT molecular complexity index is 2630. The van der Waals surface area contributed by atoms with Crippen LogP contribution in [0.25, 0.3) is 0 Å². The molecule has 2 unspecified atom stereocenters. The van der Waals surface area contributed by atoms with Crippen molar-refractivity contribution in [3.63, 3.8) is 0 Å². The molecular weight excluding hydrogens is 1240 g/mol. The Hall–Kier alpha value is -1.80. The number of hydrogen-bond donors (Lipinski definition) is 18. The van der Waals surface area contributed by atoms with Gasteiger partial charge in [0.1, 0.15) is 122 Å². The third-order valence-corrected chi connectivity index (χ3v) is 23.2. The predicted octanol–water partition coefficient (Wildman–Crippen LogP) is -7.17. The first-order valence-electron chi connectivity index (χ1n) is 32.5. The molecule has 0 aromatic rings. The smallest absolute Gasteiger partial charge is 0.203 e. The molecule has 8 saturated heterocycles. The highest BCUT2D eigenvalue weighted by molar-refractivity contribution is 5.29. The average molecular weight is 1340 g/mol. The lowest BCUT2D eigenvalue weighted by atomic mass is 9.46. The van der Waals surface area contributed by atoms with Gasteiger partial charge in [0.05, 0.1) is 76.3 Å². The zero-order chi connectivity index (χ0) is 67.0. The van der Waals surface area contributed by atoms with Crippen molar-refractivity contribution < 1.29 is 158 Å².